The third-order valence-electron chi connectivity index (χ3n) is 6.21. The molecule has 1 aliphatic heterocycles. The van der Waals surface area contributed by atoms with E-state index in [1.807, 2.05) is 0 Å². The molecule has 1 N–H and O–H groups in total. The smallest absolute Gasteiger partial charge is 0.240 e. The van der Waals surface area contributed by atoms with Crippen molar-refractivity contribution in [3.05, 3.63) is 64.2 Å². The number of hydrogen-bond donors (Lipinski definition) is 1. The second-order valence-electron chi connectivity index (χ2n) is 8.82. The number of aromatic nitrogens is 2. The van der Waals surface area contributed by atoms with E-state index in [2.05, 4.69) is 10.4 Å². The molecule has 2 aromatic carbocycles. The molecule has 7 nitrogen and oxygen atoms in total. The second-order valence-corrected chi connectivity index (χ2v) is 9.26. The van der Waals surface area contributed by atoms with Gasteiger partial charge in [-0.15, -0.1) is 0 Å². The lowest BCUT2D eigenvalue weighted by Gasteiger charge is -2.24. The number of halogens is 3. The Balaban J connectivity index is 1.50. The van der Waals surface area contributed by atoms with E-state index in [1.165, 1.54) is 17.0 Å². The van der Waals surface area contributed by atoms with Crippen molar-refractivity contribution in [2.75, 3.05) is 18.0 Å². The highest BCUT2D eigenvalue weighted by atomic mass is 35.5. The van der Waals surface area contributed by atoms with Crippen molar-refractivity contribution in [1.29, 1.82) is 0 Å². The predicted octanol–water partition coefficient (Wildman–Crippen LogP) is 4.01. The van der Waals surface area contributed by atoms with Crippen molar-refractivity contribution in [2.45, 2.75) is 25.9 Å². The molecule has 5 rings (SSSR count). The SMILES string of the molecule is Cn1nc(N(CC(=O)NCC2CC2)C(=O)Cc2cccc(F)c2F)c2c1-c1cc(Cl)ccc1OC2. The summed E-state index contributed by atoms with van der Waals surface area (Å²) in [6.45, 7) is 0.345. The molecule has 182 valence electrons. The van der Waals surface area contributed by atoms with E-state index in [-0.39, 0.29) is 30.4 Å². The van der Waals surface area contributed by atoms with Gasteiger partial charge in [-0.05, 0) is 43.0 Å². The maximum Gasteiger partial charge on any atom is 0.240 e. The molecular weight excluding hydrogens is 478 g/mol. The van der Waals surface area contributed by atoms with Crippen LogP contribution < -0.4 is 15.0 Å². The first-order chi connectivity index (χ1) is 16.8. The topological polar surface area (TPSA) is 76.5 Å². The lowest BCUT2D eigenvalue weighted by Crippen LogP contribution is -2.43. The van der Waals surface area contributed by atoms with Crippen LogP contribution in [0.1, 0.15) is 24.0 Å². The molecule has 2 amide bonds. The van der Waals surface area contributed by atoms with Gasteiger partial charge in [0, 0.05) is 29.7 Å². The zero-order chi connectivity index (χ0) is 24.7. The standard InChI is InChI=1S/C25H23ClF2N4O3/c1-31-24-17-10-16(26)7-8-20(17)35-13-18(24)25(30-31)32(12-21(33)29-11-14-5-6-14)22(34)9-15-3-2-4-19(27)23(15)28/h2-4,7-8,10,14H,5-6,9,11-13H2,1H3,(H,29,33). The number of hydrogen-bond acceptors (Lipinski definition) is 4. The van der Waals surface area contributed by atoms with Gasteiger partial charge in [-0.2, -0.15) is 5.10 Å². The van der Waals surface area contributed by atoms with Crippen LogP contribution in [0.5, 0.6) is 5.75 Å². The summed E-state index contributed by atoms with van der Waals surface area (Å²) in [4.78, 5) is 27.3. The Hall–Kier alpha value is -3.46. The maximum absolute atomic E-state index is 14.3. The van der Waals surface area contributed by atoms with Crippen LogP contribution in [-0.4, -0.2) is 34.7 Å². The van der Waals surface area contributed by atoms with E-state index in [0.717, 1.165) is 18.9 Å². The van der Waals surface area contributed by atoms with Crippen molar-refractivity contribution in [3.8, 4) is 17.0 Å². The number of nitrogens with zero attached hydrogens (tertiary/aromatic N) is 3. The van der Waals surface area contributed by atoms with Gasteiger partial charge in [0.15, 0.2) is 17.5 Å². The molecule has 2 heterocycles. The quantitative estimate of drug-likeness (QED) is 0.532. The fourth-order valence-electron chi connectivity index (χ4n) is 4.21. The van der Waals surface area contributed by atoms with Crippen molar-refractivity contribution < 1.29 is 23.1 Å². The molecule has 1 saturated carbocycles. The lowest BCUT2D eigenvalue weighted by atomic mass is 10.0. The molecule has 2 aliphatic rings. The highest BCUT2D eigenvalue weighted by molar-refractivity contribution is 6.31. The molecule has 0 spiro atoms. The number of carbonyl (C=O) groups excluding carboxylic acids is 2. The molecule has 0 saturated heterocycles. The zero-order valence-electron chi connectivity index (χ0n) is 19.0. The van der Waals surface area contributed by atoms with Crippen molar-refractivity contribution in [3.63, 3.8) is 0 Å². The van der Waals surface area contributed by atoms with Crippen LogP contribution in [0.25, 0.3) is 11.3 Å². The van der Waals surface area contributed by atoms with Gasteiger partial charge in [0.2, 0.25) is 11.8 Å². The Morgan fingerprint density at radius 1 is 1.26 bits per heavy atom. The minimum absolute atomic E-state index is 0.100. The summed E-state index contributed by atoms with van der Waals surface area (Å²) in [5, 5.41) is 7.89. The summed E-state index contributed by atoms with van der Waals surface area (Å²) >= 11 is 6.20. The van der Waals surface area contributed by atoms with E-state index in [0.29, 0.717) is 40.1 Å². The van der Waals surface area contributed by atoms with Crippen LogP contribution in [0.2, 0.25) is 5.02 Å². The molecule has 1 aromatic heterocycles. The molecule has 0 atom stereocenters. The predicted molar refractivity (Wildman–Crippen MR) is 126 cm³/mol. The minimum atomic E-state index is -1.09. The van der Waals surface area contributed by atoms with Gasteiger partial charge in [-0.1, -0.05) is 23.7 Å². The summed E-state index contributed by atoms with van der Waals surface area (Å²) in [5.41, 5.74) is 1.92. The van der Waals surface area contributed by atoms with Crippen LogP contribution in [0, 0.1) is 17.6 Å². The second kappa shape index (κ2) is 9.30. The van der Waals surface area contributed by atoms with Gasteiger partial charge >= 0.3 is 0 Å². The summed E-state index contributed by atoms with van der Waals surface area (Å²) < 4.78 is 35.5. The average Bonchev–Trinajstić information content (AvgIpc) is 3.60. The molecule has 0 bridgehead atoms. The first-order valence-corrected chi connectivity index (χ1v) is 11.7. The number of benzene rings is 2. The third-order valence-corrected chi connectivity index (χ3v) is 6.44. The molecule has 10 heteroatoms. The Morgan fingerprint density at radius 2 is 2.06 bits per heavy atom. The van der Waals surface area contributed by atoms with Crippen LogP contribution in [0.15, 0.2) is 36.4 Å². The number of amides is 2. The van der Waals surface area contributed by atoms with E-state index in [4.69, 9.17) is 16.3 Å². The van der Waals surface area contributed by atoms with Gasteiger partial charge in [0.25, 0.3) is 0 Å². The summed E-state index contributed by atoms with van der Waals surface area (Å²) in [6, 6.07) is 8.89. The van der Waals surface area contributed by atoms with Crippen LogP contribution >= 0.6 is 11.6 Å². The average molecular weight is 501 g/mol. The highest BCUT2D eigenvalue weighted by Gasteiger charge is 2.32. The first kappa shape index (κ1) is 23.3. The Labute approximate surface area is 205 Å². The number of rotatable bonds is 7. The highest BCUT2D eigenvalue weighted by Crippen LogP contribution is 2.42. The van der Waals surface area contributed by atoms with Crippen molar-refractivity contribution >= 4 is 29.2 Å². The summed E-state index contributed by atoms with van der Waals surface area (Å²) in [7, 11) is 1.72. The van der Waals surface area contributed by atoms with Crippen LogP contribution in [0.4, 0.5) is 14.6 Å². The third kappa shape index (κ3) is 4.73. The lowest BCUT2D eigenvalue weighted by molar-refractivity contribution is -0.123. The van der Waals surface area contributed by atoms with Crippen molar-refractivity contribution in [2.24, 2.45) is 13.0 Å². The number of carbonyl (C=O) groups is 2. The van der Waals surface area contributed by atoms with E-state index in [1.54, 1.807) is 29.9 Å². The molecule has 1 fully saturated rings. The molecule has 1 aliphatic carbocycles. The number of ether oxygens (including phenoxy) is 1. The molecule has 0 radical (unpaired) electrons. The fraction of sp³-hybridized carbons (Fsp3) is 0.320. The van der Waals surface area contributed by atoms with Crippen LogP contribution in [-0.2, 0) is 29.7 Å². The normalized spacial score (nSPS) is 14.1. The Bertz CT molecular complexity index is 1320. The largest absolute Gasteiger partial charge is 0.488 e. The summed E-state index contributed by atoms with van der Waals surface area (Å²) in [6.07, 6.45) is 1.69. The fourth-order valence-corrected chi connectivity index (χ4v) is 4.38. The van der Waals surface area contributed by atoms with E-state index in [9.17, 15) is 18.4 Å². The van der Waals surface area contributed by atoms with Gasteiger partial charge in [0.05, 0.1) is 17.7 Å². The van der Waals surface area contributed by atoms with Crippen LogP contribution in [0.3, 0.4) is 0 Å². The van der Waals surface area contributed by atoms with E-state index < -0.39 is 24.0 Å². The summed E-state index contributed by atoms with van der Waals surface area (Å²) in [5.74, 6) is -1.76. The van der Waals surface area contributed by atoms with Crippen molar-refractivity contribution in [1.82, 2.24) is 15.1 Å². The van der Waals surface area contributed by atoms with Gasteiger partial charge < -0.3 is 10.1 Å². The monoisotopic (exact) mass is 500 g/mol. The molecule has 3 aromatic rings. The maximum atomic E-state index is 14.3. The minimum Gasteiger partial charge on any atom is -0.488 e. The Kier molecular flexibility index (Phi) is 6.19. The first-order valence-electron chi connectivity index (χ1n) is 11.3. The van der Waals surface area contributed by atoms with Gasteiger partial charge in [-0.25, -0.2) is 8.78 Å². The zero-order valence-corrected chi connectivity index (χ0v) is 19.7. The van der Waals surface area contributed by atoms with Gasteiger partial charge in [-0.3, -0.25) is 19.2 Å². The Morgan fingerprint density at radius 3 is 2.83 bits per heavy atom. The number of aryl methyl sites for hydroxylation is 1. The molecular formula is C25H23ClF2N4O3. The molecule has 0 unspecified atom stereocenters. The number of anilines is 1. The van der Waals surface area contributed by atoms with Gasteiger partial charge in [0.1, 0.15) is 18.9 Å². The van der Waals surface area contributed by atoms with E-state index >= 15 is 0 Å². The number of fused-ring (bicyclic) bond motifs is 3. The molecule has 35 heavy (non-hydrogen) atoms. The number of nitrogens with one attached hydrogen (secondary N) is 1.